The molecule has 24 heavy (non-hydrogen) atoms. The first-order chi connectivity index (χ1) is 11.6. The first kappa shape index (κ1) is 16.5. The molecule has 1 fully saturated rings. The molecule has 4 heteroatoms. The van der Waals surface area contributed by atoms with Crippen LogP contribution in [-0.2, 0) is 18.3 Å². The van der Waals surface area contributed by atoms with E-state index in [1.807, 2.05) is 59.2 Å². The number of aliphatic hydroxyl groups excluding tert-OH is 1. The first-order valence-electron chi connectivity index (χ1n) is 8.39. The molecule has 1 aromatic heterocycles. The molecule has 0 spiro atoms. The molecule has 3 rings (SSSR count). The predicted octanol–water partition coefficient (Wildman–Crippen LogP) is 2.63. The zero-order chi connectivity index (χ0) is 17.0. The van der Waals surface area contributed by atoms with Crippen LogP contribution in [0.15, 0.2) is 54.9 Å². The molecule has 1 aliphatic rings. The highest BCUT2D eigenvalue weighted by molar-refractivity contribution is 5.92. The molecular formula is C20H24N2O2. The summed E-state index contributed by atoms with van der Waals surface area (Å²) in [5.41, 5.74) is 1.67. The predicted molar refractivity (Wildman–Crippen MR) is 95.4 cm³/mol. The van der Waals surface area contributed by atoms with Crippen LogP contribution in [0.4, 0.5) is 0 Å². The van der Waals surface area contributed by atoms with Gasteiger partial charge in [-0.2, -0.15) is 0 Å². The summed E-state index contributed by atoms with van der Waals surface area (Å²) in [5, 5.41) is 10.1. The summed E-state index contributed by atoms with van der Waals surface area (Å²) in [4.78, 5) is 14.6. The smallest absolute Gasteiger partial charge is 0.247 e. The second-order valence-corrected chi connectivity index (χ2v) is 6.58. The quantitative estimate of drug-likeness (QED) is 0.860. The van der Waals surface area contributed by atoms with Gasteiger partial charge in [0.05, 0.1) is 12.1 Å². The van der Waals surface area contributed by atoms with E-state index >= 15 is 0 Å². The Morgan fingerprint density at radius 3 is 2.75 bits per heavy atom. The van der Waals surface area contributed by atoms with Gasteiger partial charge >= 0.3 is 0 Å². The molecule has 1 unspecified atom stereocenters. The molecule has 2 aromatic rings. The fraction of sp³-hybridized carbons (Fsp3) is 0.350. The number of aromatic nitrogens is 1. The van der Waals surface area contributed by atoms with Crippen LogP contribution in [0.3, 0.4) is 0 Å². The van der Waals surface area contributed by atoms with Crippen molar-refractivity contribution in [2.24, 2.45) is 7.05 Å². The van der Waals surface area contributed by atoms with Crippen molar-refractivity contribution in [1.29, 1.82) is 0 Å². The molecule has 4 nitrogen and oxygen atoms in total. The molecule has 1 N–H and O–H groups in total. The molecule has 0 aliphatic carbocycles. The molecule has 0 saturated carbocycles. The van der Waals surface area contributed by atoms with E-state index in [0.717, 1.165) is 24.0 Å². The van der Waals surface area contributed by atoms with Crippen LogP contribution in [-0.4, -0.2) is 39.2 Å². The number of aryl methyl sites for hydroxylation is 1. The Labute approximate surface area is 143 Å². The number of carbonyl (C=O) groups is 1. The maximum atomic E-state index is 12.7. The van der Waals surface area contributed by atoms with E-state index in [-0.39, 0.29) is 12.5 Å². The van der Waals surface area contributed by atoms with Crippen molar-refractivity contribution in [3.63, 3.8) is 0 Å². The van der Waals surface area contributed by atoms with Crippen molar-refractivity contribution >= 4 is 12.0 Å². The van der Waals surface area contributed by atoms with Gasteiger partial charge in [-0.05, 0) is 42.5 Å². The monoisotopic (exact) mass is 324 g/mol. The molecule has 1 atom stereocenters. The Kier molecular flexibility index (Phi) is 4.86. The Morgan fingerprint density at radius 2 is 2.08 bits per heavy atom. The number of aliphatic hydroxyl groups is 1. The van der Waals surface area contributed by atoms with Gasteiger partial charge in [-0.15, -0.1) is 0 Å². The van der Waals surface area contributed by atoms with Crippen molar-refractivity contribution in [3.05, 3.63) is 66.0 Å². The second kappa shape index (κ2) is 7.05. The molecule has 0 bridgehead atoms. The Bertz CT molecular complexity index is 720. The van der Waals surface area contributed by atoms with E-state index in [4.69, 9.17) is 0 Å². The van der Waals surface area contributed by atoms with Gasteiger partial charge in [-0.3, -0.25) is 4.79 Å². The minimum absolute atomic E-state index is 0.00713. The number of nitrogens with zero attached hydrogens (tertiary/aromatic N) is 2. The van der Waals surface area contributed by atoms with Gasteiger partial charge in [0.15, 0.2) is 0 Å². The van der Waals surface area contributed by atoms with Crippen molar-refractivity contribution in [2.75, 3.05) is 13.2 Å². The first-order valence-corrected chi connectivity index (χ1v) is 8.39. The van der Waals surface area contributed by atoms with Crippen LogP contribution < -0.4 is 0 Å². The van der Waals surface area contributed by atoms with Crippen LogP contribution in [0.25, 0.3) is 6.08 Å². The number of hydrogen-bond donors (Lipinski definition) is 1. The SMILES string of the molecule is Cn1ccc(/C=C/C(=O)N2CCCC2(CO)Cc2ccccc2)c1. The minimum atomic E-state index is -0.487. The number of rotatable bonds is 5. The van der Waals surface area contributed by atoms with Gasteiger partial charge in [0.25, 0.3) is 0 Å². The lowest BCUT2D eigenvalue weighted by molar-refractivity contribution is -0.131. The highest BCUT2D eigenvalue weighted by Crippen LogP contribution is 2.33. The third-order valence-corrected chi connectivity index (χ3v) is 4.81. The van der Waals surface area contributed by atoms with Crippen molar-refractivity contribution in [1.82, 2.24) is 9.47 Å². The molecule has 1 aliphatic heterocycles. The molecule has 126 valence electrons. The maximum absolute atomic E-state index is 12.7. The molecule has 1 aromatic carbocycles. The van der Waals surface area contributed by atoms with E-state index in [1.165, 1.54) is 0 Å². The number of amides is 1. The summed E-state index contributed by atoms with van der Waals surface area (Å²) in [5.74, 6) is -0.0265. The van der Waals surface area contributed by atoms with E-state index < -0.39 is 5.54 Å². The van der Waals surface area contributed by atoms with E-state index in [9.17, 15) is 9.90 Å². The largest absolute Gasteiger partial charge is 0.394 e. The van der Waals surface area contributed by atoms with Crippen LogP contribution in [0.5, 0.6) is 0 Å². The third kappa shape index (κ3) is 3.44. The van der Waals surface area contributed by atoms with Crippen molar-refractivity contribution in [2.45, 2.75) is 24.8 Å². The molecular weight excluding hydrogens is 300 g/mol. The van der Waals surface area contributed by atoms with Crippen LogP contribution in [0.2, 0.25) is 0 Å². The third-order valence-electron chi connectivity index (χ3n) is 4.81. The van der Waals surface area contributed by atoms with E-state index in [2.05, 4.69) is 12.1 Å². The Balaban J connectivity index is 1.77. The molecule has 0 radical (unpaired) electrons. The Morgan fingerprint density at radius 1 is 1.29 bits per heavy atom. The average molecular weight is 324 g/mol. The van der Waals surface area contributed by atoms with E-state index in [1.54, 1.807) is 6.08 Å². The van der Waals surface area contributed by atoms with Gasteiger partial charge in [-0.25, -0.2) is 0 Å². The summed E-state index contributed by atoms with van der Waals surface area (Å²) in [7, 11) is 1.95. The Hall–Kier alpha value is -2.33. The van der Waals surface area contributed by atoms with Gasteiger partial charge in [0.2, 0.25) is 5.91 Å². The number of benzene rings is 1. The zero-order valence-corrected chi connectivity index (χ0v) is 14.1. The van der Waals surface area contributed by atoms with E-state index in [0.29, 0.717) is 13.0 Å². The lowest BCUT2D eigenvalue weighted by Crippen LogP contribution is -2.51. The average Bonchev–Trinajstić information content (AvgIpc) is 3.20. The second-order valence-electron chi connectivity index (χ2n) is 6.58. The minimum Gasteiger partial charge on any atom is -0.394 e. The number of hydrogen-bond acceptors (Lipinski definition) is 2. The number of carbonyl (C=O) groups excluding carboxylic acids is 1. The van der Waals surface area contributed by atoms with Crippen molar-refractivity contribution in [3.8, 4) is 0 Å². The summed E-state index contributed by atoms with van der Waals surface area (Å²) in [6, 6.07) is 12.1. The molecule has 1 saturated heterocycles. The van der Waals surface area contributed by atoms with Crippen LogP contribution >= 0.6 is 0 Å². The lowest BCUT2D eigenvalue weighted by atomic mass is 9.88. The van der Waals surface area contributed by atoms with Crippen LogP contribution in [0.1, 0.15) is 24.0 Å². The number of likely N-dealkylation sites (tertiary alicyclic amines) is 1. The normalized spacial score (nSPS) is 20.8. The highest BCUT2D eigenvalue weighted by Gasteiger charge is 2.42. The van der Waals surface area contributed by atoms with Gasteiger partial charge in [-0.1, -0.05) is 30.3 Å². The fourth-order valence-electron chi connectivity index (χ4n) is 3.54. The fourth-order valence-corrected chi connectivity index (χ4v) is 3.54. The molecule has 2 heterocycles. The highest BCUT2D eigenvalue weighted by atomic mass is 16.3. The maximum Gasteiger partial charge on any atom is 0.247 e. The summed E-state index contributed by atoms with van der Waals surface area (Å²) < 4.78 is 1.95. The van der Waals surface area contributed by atoms with Gasteiger partial charge in [0, 0.05) is 32.1 Å². The topological polar surface area (TPSA) is 45.5 Å². The van der Waals surface area contributed by atoms with Crippen molar-refractivity contribution < 1.29 is 9.90 Å². The van der Waals surface area contributed by atoms with Gasteiger partial charge < -0.3 is 14.6 Å². The van der Waals surface area contributed by atoms with Crippen LogP contribution in [0, 0.1) is 0 Å². The standard InChI is InChI=1S/C20H24N2O2/c1-21-13-10-18(15-21)8-9-19(24)22-12-5-11-20(22,16-23)14-17-6-3-2-4-7-17/h2-4,6-10,13,15,23H,5,11-12,14,16H2,1H3/b9-8+. The molecule has 1 amide bonds. The zero-order valence-electron chi connectivity index (χ0n) is 14.1. The van der Waals surface area contributed by atoms with Gasteiger partial charge in [0.1, 0.15) is 0 Å². The lowest BCUT2D eigenvalue weighted by Gasteiger charge is -2.37. The summed E-state index contributed by atoms with van der Waals surface area (Å²) in [6.45, 7) is 0.693. The summed E-state index contributed by atoms with van der Waals surface area (Å²) in [6.07, 6.45) is 9.84. The summed E-state index contributed by atoms with van der Waals surface area (Å²) >= 11 is 0.